The summed E-state index contributed by atoms with van der Waals surface area (Å²) in [5.74, 6) is -1.31. The second-order valence-electron chi connectivity index (χ2n) is 13.9. The van der Waals surface area contributed by atoms with Gasteiger partial charge in [-0.15, -0.1) is 0 Å². The fraction of sp³-hybridized carbons (Fsp3) is 0.0196. The first-order valence-electron chi connectivity index (χ1n) is 19.0. The van der Waals surface area contributed by atoms with E-state index in [4.69, 9.17) is 6.03 Å². The molecule has 8 aromatic carbocycles. The summed E-state index contributed by atoms with van der Waals surface area (Å²) in [7, 11) is 0. The molecule has 0 saturated carbocycles. The Balaban J connectivity index is 1.36. The van der Waals surface area contributed by atoms with Gasteiger partial charge in [0, 0.05) is 0 Å². The Bertz CT molecular complexity index is 2050. The van der Waals surface area contributed by atoms with Crippen LogP contribution >= 0.6 is 0 Å². The van der Waals surface area contributed by atoms with Gasteiger partial charge in [0.25, 0.3) is 0 Å². The van der Waals surface area contributed by atoms with Gasteiger partial charge >= 0.3 is 340 Å². The molecular formula is C51H42O4Sb2. The van der Waals surface area contributed by atoms with Crippen molar-refractivity contribution < 1.29 is 15.6 Å². The number of carbonyl (C=O) groups excluding carboxylic acids is 2. The molecular weight excluding hydrogens is 920 g/mol. The Hall–Kier alpha value is -5.66. The summed E-state index contributed by atoms with van der Waals surface area (Å²) < 4.78 is 22.0. The Morgan fingerprint density at radius 1 is 0.263 bits per heavy atom. The molecule has 0 heterocycles. The topological polar surface area (TPSA) is 52.6 Å². The number of carbonyl (C=O) groups is 2. The average molecular weight is 962 g/mol. The molecule has 0 saturated heterocycles. The van der Waals surface area contributed by atoms with Gasteiger partial charge in [-0.05, 0) is 0 Å². The zero-order valence-electron chi connectivity index (χ0n) is 31.3. The summed E-state index contributed by atoms with van der Waals surface area (Å²) in [6.07, 6.45) is -0.609. The van der Waals surface area contributed by atoms with Gasteiger partial charge in [-0.3, -0.25) is 0 Å². The summed E-state index contributed by atoms with van der Waals surface area (Å²) in [5, 5.41) is 0. The first-order valence-corrected chi connectivity index (χ1v) is 31.3. The molecule has 0 N–H and O–H groups in total. The van der Waals surface area contributed by atoms with Crippen molar-refractivity contribution in [1.29, 1.82) is 0 Å². The Labute approximate surface area is 337 Å². The number of hydrogen-bond donors (Lipinski definition) is 0. The van der Waals surface area contributed by atoms with Crippen LogP contribution in [0.5, 0.6) is 0 Å². The monoisotopic (exact) mass is 960 g/mol. The Morgan fingerprint density at radius 2 is 0.404 bits per heavy atom. The quantitative estimate of drug-likeness (QED) is 0.120. The molecule has 8 aromatic rings. The van der Waals surface area contributed by atoms with Crippen LogP contribution in [0.15, 0.2) is 243 Å². The van der Waals surface area contributed by atoms with Gasteiger partial charge in [-0.2, -0.15) is 0 Å². The van der Waals surface area contributed by atoms with Gasteiger partial charge in [0.05, 0.1) is 0 Å². The molecule has 57 heavy (non-hydrogen) atoms. The zero-order chi connectivity index (χ0) is 39.1. The van der Waals surface area contributed by atoms with E-state index in [9.17, 15) is 0 Å². The van der Waals surface area contributed by atoms with E-state index in [1.807, 2.05) is 146 Å². The molecule has 0 aliphatic carbocycles. The Morgan fingerprint density at radius 3 is 0.544 bits per heavy atom. The predicted molar refractivity (Wildman–Crippen MR) is 237 cm³/mol. The van der Waals surface area contributed by atoms with E-state index < -0.39 is 54.0 Å². The average Bonchev–Trinajstić information content (AvgIpc) is 3.30. The van der Waals surface area contributed by atoms with E-state index in [2.05, 4.69) is 97.1 Å². The molecule has 8 rings (SSSR count). The van der Waals surface area contributed by atoms with E-state index in [1.54, 1.807) is 0 Å². The van der Waals surface area contributed by atoms with E-state index in [-0.39, 0.29) is 0 Å². The molecule has 0 aliphatic heterocycles. The molecule has 0 aromatic heterocycles. The van der Waals surface area contributed by atoms with Gasteiger partial charge in [0.15, 0.2) is 0 Å². The fourth-order valence-electron chi connectivity index (χ4n) is 8.50. The van der Waals surface area contributed by atoms with Crippen molar-refractivity contribution in [1.82, 2.24) is 0 Å². The minimum atomic E-state index is -5.66. The van der Waals surface area contributed by atoms with E-state index in [0.717, 1.165) is 28.1 Å². The van der Waals surface area contributed by atoms with Crippen LogP contribution in [0.1, 0.15) is 6.42 Å². The van der Waals surface area contributed by atoms with Crippen LogP contribution in [0.25, 0.3) is 0 Å². The van der Waals surface area contributed by atoms with E-state index >= 15 is 9.59 Å². The van der Waals surface area contributed by atoms with Crippen molar-refractivity contribution in [3.05, 3.63) is 243 Å². The zero-order valence-corrected chi connectivity index (χ0v) is 36.4. The molecule has 0 atom stereocenters. The van der Waals surface area contributed by atoms with Crippen molar-refractivity contribution in [3.63, 3.8) is 0 Å². The summed E-state index contributed by atoms with van der Waals surface area (Å²) in [6.45, 7) is 0. The van der Waals surface area contributed by atoms with Gasteiger partial charge in [0.2, 0.25) is 0 Å². The number of rotatable bonds is 12. The maximum absolute atomic E-state index is 15.3. The molecule has 0 spiro atoms. The molecule has 4 nitrogen and oxygen atoms in total. The van der Waals surface area contributed by atoms with Crippen molar-refractivity contribution in [2.45, 2.75) is 6.42 Å². The van der Waals surface area contributed by atoms with Crippen LogP contribution in [-0.4, -0.2) is 47.6 Å². The molecule has 0 radical (unpaired) electrons. The Kier molecular flexibility index (Phi) is 10.8. The van der Waals surface area contributed by atoms with Gasteiger partial charge < -0.3 is 0 Å². The first kappa shape index (κ1) is 38.2. The molecule has 6 heteroatoms. The van der Waals surface area contributed by atoms with Crippen LogP contribution in [0, 0.1) is 0 Å². The van der Waals surface area contributed by atoms with Crippen LogP contribution in [-0.2, 0) is 15.6 Å². The van der Waals surface area contributed by atoms with Gasteiger partial charge in [-0.25, -0.2) is 0 Å². The standard InChI is InChI=1S/8C6H5.C3H4O4.2Sb/c8*1-2-4-6-5-3-1;4-2(5)1-3(6)7;;/h8*1-5H;1H2,(H,4,5)(H,6,7);;/q;;;;;;;;;2*+1/p-2. The molecule has 0 fully saturated rings. The van der Waals surface area contributed by atoms with Gasteiger partial charge in [-0.1, -0.05) is 0 Å². The third kappa shape index (κ3) is 6.15. The third-order valence-corrected chi connectivity index (χ3v) is 43.4. The molecule has 0 aliphatic rings. The SMILES string of the molecule is O=C(CC(=O)[O][Sb]([c]1ccccc1)([c]1ccccc1)([c]1ccccc1)[c]1ccccc1)[O][Sb]([c]1ccccc1)([c]1ccccc1)([c]1ccccc1)[c]1ccccc1. The minimum absolute atomic E-state index is 0.609. The first-order chi connectivity index (χ1) is 28.0. The predicted octanol–water partition coefficient (Wildman–Crippen LogP) is 5.52. The summed E-state index contributed by atoms with van der Waals surface area (Å²) >= 11 is -11.3. The second-order valence-corrected chi connectivity index (χ2v) is 38.5. The van der Waals surface area contributed by atoms with Crippen molar-refractivity contribution in [2.24, 2.45) is 0 Å². The summed E-state index contributed by atoms with van der Waals surface area (Å²) in [5.41, 5.74) is 0. The summed E-state index contributed by atoms with van der Waals surface area (Å²) in [4.78, 5) is 30.5. The van der Waals surface area contributed by atoms with Gasteiger partial charge in [0.1, 0.15) is 0 Å². The van der Waals surface area contributed by atoms with Crippen LogP contribution in [0.4, 0.5) is 0 Å². The number of benzene rings is 8. The van der Waals surface area contributed by atoms with Crippen LogP contribution < -0.4 is 28.1 Å². The fourth-order valence-corrected chi connectivity index (χ4v) is 40.7. The molecule has 0 unspecified atom stereocenters. The van der Waals surface area contributed by atoms with Crippen molar-refractivity contribution >= 4 is 75.7 Å². The number of hydrogen-bond acceptors (Lipinski definition) is 4. The molecule has 0 amide bonds. The maximum atomic E-state index is 15.3. The summed E-state index contributed by atoms with van der Waals surface area (Å²) in [6, 6.07) is 80.6. The van der Waals surface area contributed by atoms with E-state index in [0.29, 0.717) is 0 Å². The van der Waals surface area contributed by atoms with Crippen molar-refractivity contribution in [2.75, 3.05) is 0 Å². The second kappa shape index (κ2) is 16.1. The normalized spacial score (nSPS) is 12.8. The van der Waals surface area contributed by atoms with Crippen LogP contribution in [0.3, 0.4) is 0 Å². The van der Waals surface area contributed by atoms with Crippen molar-refractivity contribution in [3.8, 4) is 0 Å². The molecule has 0 bridgehead atoms. The molecule has 280 valence electrons. The van der Waals surface area contributed by atoms with Crippen LogP contribution in [0.2, 0.25) is 0 Å². The van der Waals surface area contributed by atoms with E-state index in [1.165, 1.54) is 0 Å². The third-order valence-electron chi connectivity index (χ3n) is 10.8.